The van der Waals surface area contributed by atoms with Crippen molar-refractivity contribution in [1.82, 2.24) is 10.3 Å². The van der Waals surface area contributed by atoms with Crippen LogP contribution in [0.15, 0.2) is 5.51 Å². The number of aryl methyl sites for hydroxylation is 1. The number of carbonyl (C=O) groups is 2. The molecule has 0 aliphatic heterocycles. The number of carboxylic acids is 1. The number of hydrogen-bond acceptors (Lipinski definition) is 4. The fraction of sp³-hybridized carbons (Fsp3) is 0.583. The number of amides is 1. The summed E-state index contributed by atoms with van der Waals surface area (Å²) in [6.07, 6.45) is 1.10. The van der Waals surface area contributed by atoms with E-state index in [1.165, 1.54) is 11.3 Å². The lowest BCUT2D eigenvalue weighted by Crippen LogP contribution is -2.49. The number of thiazole rings is 1. The van der Waals surface area contributed by atoms with Crippen molar-refractivity contribution in [1.29, 1.82) is 0 Å². The van der Waals surface area contributed by atoms with Crippen LogP contribution >= 0.6 is 11.3 Å². The summed E-state index contributed by atoms with van der Waals surface area (Å²) in [5.41, 5.74) is 1.61. The Kier molecular flexibility index (Phi) is 4.84. The van der Waals surface area contributed by atoms with Crippen molar-refractivity contribution in [2.24, 2.45) is 0 Å². The van der Waals surface area contributed by atoms with Gasteiger partial charge in [0.2, 0.25) is 0 Å². The normalized spacial score (nSPS) is 11.3. The smallest absolute Gasteiger partial charge is 0.305 e. The van der Waals surface area contributed by atoms with E-state index in [0.29, 0.717) is 23.4 Å². The van der Waals surface area contributed by atoms with Gasteiger partial charge >= 0.3 is 5.97 Å². The maximum atomic E-state index is 12.1. The first-order valence-electron chi connectivity index (χ1n) is 5.88. The molecule has 6 heteroatoms. The summed E-state index contributed by atoms with van der Waals surface area (Å²) >= 11 is 1.27. The first-order chi connectivity index (χ1) is 8.44. The number of carboxylic acid groups (broad SMARTS) is 1. The molecule has 1 rings (SSSR count). The molecule has 0 bridgehead atoms. The van der Waals surface area contributed by atoms with Crippen LogP contribution in [0.4, 0.5) is 0 Å². The summed E-state index contributed by atoms with van der Waals surface area (Å²) < 4.78 is 0. The van der Waals surface area contributed by atoms with Crippen LogP contribution in [0, 0.1) is 6.92 Å². The van der Waals surface area contributed by atoms with Gasteiger partial charge in [0.25, 0.3) is 5.91 Å². The minimum atomic E-state index is -0.903. The van der Waals surface area contributed by atoms with Gasteiger partial charge in [0.05, 0.1) is 23.2 Å². The minimum Gasteiger partial charge on any atom is -0.481 e. The van der Waals surface area contributed by atoms with E-state index in [9.17, 15) is 9.59 Å². The Balaban J connectivity index is 2.87. The summed E-state index contributed by atoms with van der Waals surface area (Å²) in [6.45, 7) is 5.53. The lowest BCUT2D eigenvalue weighted by molar-refractivity contribution is -0.138. The van der Waals surface area contributed by atoms with Crippen molar-refractivity contribution in [2.45, 2.75) is 45.6 Å². The van der Waals surface area contributed by atoms with Crippen LogP contribution in [0.1, 0.15) is 48.5 Å². The van der Waals surface area contributed by atoms with E-state index < -0.39 is 11.5 Å². The van der Waals surface area contributed by atoms with Crippen LogP contribution in [0.3, 0.4) is 0 Å². The Hall–Kier alpha value is -1.43. The third-order valence-corrected chi connectivity index (χ3v) is 4.10. The van der Waals surface area contributed by atoms with Gasteiger partial charge < -0.3 is 10.4 Å². The Morgan fingerprint density at radius 3 is 2.44 bits per heavy atom. The van der Waals surface area contributed by atoms with Crippen molar-refractivity contribution >= 4 is 23.2 Å². The molecule has 0 aromatic carbocycles. The molecule has 0 aliphatic carbocycles. The fourth-order valence-corrected chi connectivity index (χ4v) is 2.53. The van der Waals surface area contributed by atoms with E-state index >= 15 is 0 Å². The lowest BCUT2D eigenvalue weighted by atomic mass is 9.89. The molecule has 1 amide bonds. The molecular formula is C12H18N2O3S. The van der Waals surface area contributed by atoms with Gasteiger partial charge in [-0.25, -0.2) is 4.98 Å². The van der Waals surface area contributed by atoms with Crippen LogP contribution in [0.5, 0.6) is 0 Å². The fourth-order valence-electron chi connectivity index (χ4n) is 1.83. The maximum Gasteiger partial charge on any atom is 0.305 e. The second-order valence-corrected chi connectivity index (χ2v) is 5.13. The Labute approximate surface area is 110 Å². The number of nitrogens with one attached hydrogen (secondary N) is 1. The van der Waals surface area contributed by atoms with Gasteiger partial charge in [-0.1, -0.05) is 13.8 Å². The topological polar surface area (TPSA) is 79.3 Å². The number of rotatable bonds is 6. The molecular weight excluding hydrogens is 252 g/mol. The molecule has 1 aromatic rings. The average Bonchev–Trinajstić information content (AvgIpc) is 2.74. The molecule has 2 N–H and O–H groups in total. The third-order valence-electron chi connectivity index (χ3n) is 3.17. The van der Waals surface area contributed by atoms with Gasteiger partial charge in [0, 0.05) is 0 Å². The zero-order valence-corrected chi connectivity index (χ0v) is 11.6. The molecule has 0 saturated carbocycles. The number of carbonyl (C=O) groups excluding carboxylic acids is 1. The van der Waals surface area contributed by atoms with E-state index in [2.05, 4.69) is 10.3 Å². The number of hydrogen-bond donors (Lipinski definition) is 2. The molecule has 5 nitrogen and oxygen atoms in total. The quantitative estimate of drug-likeness (QED) is 0.830. The van der Waals surface area contributed by atoms with Crippen molar-refractivity contribution in [3.63, 3.8) is 0 Å². The van der Waals surface area contributed by atoms with Gasteiger partial charge in [-0.05, 0) is 19.8 Å². The van der Waals surface area contributed by atoms with Gasteiger partial charge in [-0.3, -0.25) is 9.59 Å². The van der Waals surface area contributed by atoms with Crippen LogP contribution in [-0.4, -0.2) is 27.5 Å². The first-order valence-corrected chi connectivity index (χ1v) is 6.76. The predicted octanol–water partition coefficient (Wildman–Crippen LogP) is 2.21. The second-order valence-electron chi connectivity index (χ2n) is 4.28. The van der Waals surface area contributed by atoms with E-state index in [0.717, 1.165) is 0 Å². The molecule has 100 valence electrons. The Morgan fingerprint density at radius 1 is 1.44 bits per heavy atom. The molecule has 0 radical (unpaired) electrons. The molecule has 1 heterocycles. The summed E-state index contributed by atoms with van der Waals surface area (Å²) in [7, 11) is 0. The highest BCUT2D eigenvalue weighted by Gasteiger charge is 2.32. The van der Waals surface area contributed by atoms with Crippen molar-refractivity contribution in [3.8, 4) is 0 Å². The second kappa shape index (κ2) is 5.95. The largest absolute Gasteiger partial charge is 0.481 e. The number of nitrogens with zero attached hydrogens (tertiary/aromatic N) is 1. The van der Waals surface area contributed by atoms with E-state index in [-0.39, 0.29) is 12.3 Å². The number of aromatic nitrogens is 1. The molecule has 1 aromatic heterocycles. The van der Waals surface area contributed by atoms with E-state index in [1.807, 2.05) is 13.8 Å². The zero-order valence-electron chi connectivity index (χ0n) is 10.8. The summed E-state index contributed by atoms with van der Waals surface area (Å²) in [5.74, 6) is -1.14. The molecule has 0 saturated heterocycles. The highest BCUT2D eigenvalue weighted by Crippen LogP contribution is 2.22. The Morgan fingerprint density at radius 2 is 2.06 bits per heavy atom. The van der Waals surface area contributed by atoms with Gasteiger partial charge in [-0.2, -0.15) is 0 Å². The van der Waals surface area contributed by atoms with Crippen molar-refractivity contribution < 1.29 is 14.7 Å². The van der Waals surface area contributed by atoms with Gasteiger partial charge in [0.15, 0.2) is 0 Å². The van der Waals surface area contributed by atoms with Crippen LogP contribution in [0.25, 0.3) is 0 Å². The SMILES string of the molecule is CCC(CC)(CC(=O)O)NC(=O)c1scnc1C. The molecule has 0 unspecified atom stereocenters. The van der Waals surface area contributed by atoms with E-state index in [4.69, 9.17) is 5.11 Å². The lowest BCUT2D eigenvalue weighted by Gasteiger charge is -2.31. The standard InChI is InChI=1S/C12H18N2O3S/c1-4-12(5-2,6-9(15)16)14-11(17)10-8(3)13-7-18-10/h7H,4-6H2,1-3H3,(H,14,17)(H,15,16). The predicted molar refractivity (Wildman–Crippen MR) is 69.9 cm³/mol. The molecule has 18 heavy (non-hydrogen) atoms. The molecule has 0 fully saturated rings. The third kappa shape index (κ3) is 3.29. The van der Waals surface area contributed by atoms with Gasteiger partial charge in [0.1, 0.15) is 4.88 Å². The molecule has 0 aliphatic rings. The number of aliphatic carboxylic acids is 1. The summed E-state index contributed by atoms with van der Waals surface area (Å²) in [4.78, 5) is 27.6. The highest BCUT2D eigenvalue weighted by atomic mass is 32.1. The monoisotopic (exact) mass is 270 g/mol. The summed E-state index contributed by atoms with van der Waals surface area (Å²) in [6, 6.07) is 0. The summed E-state index contributed by atoms with van der Waals surface area (Å²) in [5, 5.41) is 11.8. The van der Waals surface area contributed by atoms with Crippen LogP contribution in [-0.2, 0) is 4.79 Å². The van der Waals surface area contributed by atoms with Crippen LogP contribution < -0.4 is 5.32 Å². The van der Waals surface area contributed by atoms with Crippen LogP contribution in [0.2, 0.25) is 0 Å². The first kappa shape index (κ1) is 14.6. The molecule has 0 spiro atoms. The van der Waals surface area contributed by atoms with Crippen molar-refractivity contribution in [2.75, 3.05) is 0 Å². The maximum absolute atomic E-state index is 12.1. The minimum absolute atomic E-state index is 0.0659. The highest BCUT2D eigenvalue weighted by molar-refractivity contribution is 7.11. The zero-order chi connectivity index (χ0) is 13.8. The Bertz CT molecular complexity index is 438. The molecule has 0 atom stereocenters. The van der Waals surface area contributed by atoms with Gasteiger partial charge in [-0.15, -0.1) is 11.3 Å². The van der Waals surface area contributed by atoms with Crippen molar-refractivity contribution in [3.05, 3.63) is 16.1 Å². The van der Waals surface area contributed by atoms with E-state index in [1.54, 1.807) is 12.4 Å². The average molecular weight is 270 g/mol.